The average Bonchev–Trinajstić information content (AvgIpc) is 3.66. The van der Waals surface area contributed by atoms with E-state index in [9.17, 15) is 22.0 Å². The van der Waals surface area contributed by atoms with E-state index in [4.69, 9.17) is 0 Å². The van der Waals surface area contributed by atoms with Crippen molar-refractivity contribution in [2.75, 3.05) is 50.0 Å². The largest absolute Gasteiger partial charge is 0.369 e. The van der Waals surface area contributed by atoms with Gasteiger partial charge in [0.25, 0.3) is 5.91 Å². The number of hydrogen-bond donors (Lipinski definition) is 3. The van der Waals surface area contributed by atoms with Crippen molar-refractivity contribution in [3.8, 4) is 0 Å². The fraction of sp³-hybridized carbons (Fsp3) is 0.500. The van der Waals surface area contributed by atoms with Gasteiger partial charge in [-0.15, -0.1) is 0 Å². The van der Waals surface area contributed by atoms with Gasteiger partial charge in [0.1, 0.15) is 11.6 Å². The van der Waals surface area contributed by atoms with Crippen LogP contribution in [0.15, 0.2) is 41.3 Å². The van der Waals surface area contributed by atoms with Crippen molar-refractivity contribution in [1.82, 2.24) is 24.7 Å². The fourth-order valence-electron chi connectivity index (χ4n) is 6.70. The first-order chi connectivity index (χ1) is 21.4. The van der Waals surface area contributed by atoms with E-state index in [1.54, 1.807) is 0 Å². The molecule has 0 spiro atoms. The number of carbonyl (C=O) groups is 1. The molecule has 3 aliphatic rings. The van der Waals surface area contributed by atoms with Crippen molar-refractivity contribution in [2.24, 2.45) is 0 Å². The van der Waals surface area contributed by atoms with Crippen molar-refractivity contribution in [2.45, 2.75) is 69.0 Å². The standard InChI is InChI=1S/C32H41F2N7O3S/c1-32(2)20-41(45(43,44)26-16-22(33)15-23(34)17-26)19-28-29(32)37-38-30(28)36-31(42)27-9-8-25(40-12-10-39(3)11-13-40)14-21(27)18-35-24-6-4-5-7-24/h8-9,14-17,24,35H,4-7,10-13,18-20H2,1-3H3,(H2,36,37,38,42). The Bertz CT molecular complexity index is 1660. The Hall–Kier alpha value is -3.39. The third-order valence-corrected chi connectivity index (χ3v) is 11.1. The molecular weight excluding hydrogens is 600 g/mol. The van der Waals surface area contributed by atoms with Crippen LogP contribution in [0.3, 0.4) is 0 Å². The summed E-state index contributed by atoms with van der Waals surface area (Å²) in [7, 11) is -2.14. The van der Waals surface area contributed by atoms with Crippen LogP contribution < -0.4 is 15.5 Å². The minimum Gasteiger partial charge on any atom is -0.369 e. The van der Waals surface area contributed by atoms with E-state index in [0.717, 1.165) is 62.4 Å². The van der Waals surface area contributed by atoms with Crippen LogP contribution >= 0.6 is 0 Å². The molecular formula is C32H41F2N7O3S. The Kier molecular flexibility index (Phi) is 8.72. The molecule has 45 heavy (non-hydrogen) atoms. The lowest BCUT2D eigenvalue weighted by Crippen LogP contribution is -2.45. The van der Waals surface area contributed by atoms with Crippen LogP contribution in [0.5, 0.6) is 0 Å². The first-order valence-electron chi connectivity index (χ1n) is 15.6. The number of aromatic nitrogens is 2. The van der Waals surface area contributed by atoms with Gasteiger partial charge < -0.3 is 20.4 Å². The number of rotatable bonds is 8. The van der Waals surface area contributed by atoms with Crippen LogP contribution in [-0.2, 0) is 28.5 Å². The Morgan fingerprint density at radius 2 is 1.73 bits per heavy atom. The number of hydrogen-bond acceptors (Lipinski definition) is 7. The van der Waals surface area contributed by atoms with Gasteiger partial charge in [0.15, 0.2) is 5.82 Å². The predicted molar refractivity (Wildman–Crippen MR) is 169 cm³/mol. The maximum atomic E-state index is 14.0. The van der Waals surface area contributed by atoms with Crippen LogP contribution in [0.4, 0.5) is 20.3 Å². The second kappa shape index (κ2) is 12.4. The van der Waals surface area contributed by atoms with Gasteiger partial charge in [-0.05, 0) is 55.8 Å². The molecule has 2 aromatic carbocycles. The molecule has 3 aromatic rings. The van der Waals surface area contributed by atoms with Crippen LogP contribution in [0.2, 0.25) is 0 Å². The molecule has 1 saturated carbocycles. The van der Waals surface area contributed by atoms with Crippen LogP contribution in [0.1, 0.15) is 66.7 Å². The number of fused-ring (bicyclic) bond motifs is 1. The topological polar surface area (TPSA) is 114 Å². The zero-order valence-corrected chi connectivity index (χ0v) is 26.8. The van der Waals surface area contributed by atoms with E-state index in [1.165, 1.54) is 17.1 Å². The average molecular weight is 642 g/mol. The van der Waals surface area contributed by atoms with E-state index in [1.807, 2.05) is 26.0 Å². The first kappa shape index (κ1) is 31.6. The van der Waals surface area contributed by atoms with Gasteiger partial charge in [-0.3, -0.25) is 9.89 Å². The number of H-pyrrole nitrogens is 1. The summed E-state index contributed by atoms with van der Waals surface area (Å²) < 4.78 is 56.2. The van der Waals surface area contributed by atoms with Gasteiger partial charge in [-0.1, -0.05) is 26.7 Å². The third-order valence-electron chi connectivity index (χ3n) is 9.29. The Morgan fingerprint density at radius 3 is 2.42 bits per heavy atom. The normalized spacial score (nSPS) is 19.5. The summed E-state index contributed by atoms with van der Waals surface area (Å²) in [6, 6.07) is 8.61. The van der Waals surface area contributed by atoms with Gasteiger partial charge in [-0.25, -0.2) is 17.2 Å². The molecule has 3 heterocycles. The second-order valence-electron chi connectivity index (χ2n) is 13.1. The van der Waals surface area contributed by atoms with Crippen molar-refractivity contribution < 1.29 is 22.0 Å². The predicted octanol–water partition coefficient (Wildman–Crippen LogP) is 4.21. The SMILES string of the molecule is CN1CCN(c2ccc(C(=O)Nc3n[nH]c4c3CN(S(=O)(=O)c3cc(F)cc(F)c3)CC4(C)C)c(CNC3CCCC3)c2)CC1. The fourth-order valence-corrected chi connectivity index (χ4v) is 8.31. The zero-order chi connectivity index (χ0) is 31.9. The summed E-state index contributed by atoms with van der Waals surface area (Å²) in [5, 5.41) is 14.0. The summed E-state index contributed by atoms with van der Waals surface area (Å²) in [5.74, 6) is -2.06. The number of nitrogens with one attached hydrogen (secondary N) is 3. The van der Waals surface area contributed by atoms with Gasteiger partial charge in [0.05, 0.1) is 4.90 Å². The van der Waals surface area contributed by atoms with Crippen LogP contribution in [0, 0.1) is 11.6 Å². The third kappa shape index (κ3) is 6.62. The van der Waals surface area contributed by atoms with E-state index in [0.29, 0.717) is 35.5 Å². The summed E-state index contributed by atoms with van der Waals surface area (Å²) >= 11 is 0. The number of nitrogens with zero attached hydrogens (tertiary/aromatic N) is 4. The van der Waals surface area contributed by atoms with Gasteiger partial charge in [0, 0.05) is 85.8 Å². The minimum atomic E-state index is -4.25. The molecule has 1 aromatic heterocycles. The van der Waals surface area contributed by atoms with Gasteiger partial charge in [-0.2, -0.15) is 9.40 Å². The highest BCUT2D eigenvalue weighted by Crippen LogP contribution is 2.38. The summed E-state index contributed by atoms with van der Waals surface area (Å²) in [6.45, 7) is 7.96. The highest BCUT2D eigenvalue weighted by molar-refractivity contribution is 7.89. The lowest BCUT2D eigenvalue weighted by atomic mass is 9.84. The molecule has 13 heteroatoms. The molecule has 0 radical (unpaired) electrons. The van der Waals surface area contributed by atoms with Gasteiger partial charge >= 0.3 is 0 Å². The quantitative estimate of drug-likeness (QED) is 0.338. The number of piperazine rings is 1. The van der Waals surface area contributed by atoms with Crippen LogP contribution in [-0.4, -0.2) is 79.5 Å². The molecule has 6 rings (SSSR count). The van der Waals surface area contributed by atoms with Crippen molar-refractivity contribution in [3.05, 3.63) is 70.4 Å². The molecule has 2 aliphatic heterocycles. The number of sulfonamides is 1. The summed E-state index contributed by atoms with van der Waals surface area (Å²) in [5.41, 5.74) is 2.98. The lowest BCUT2D eigenvalue weighted by molar-refractivity contribution is 0.102. The zero-order valence-electron chi connectivity index (χ0n) is 26.0. The molecule has 0 bridgehead atoms. The minimum absolute atomic E-state index is 0.0563. The Labute approximate surface area is 263 Å². The number of carbonyl (C=O) groups excluding carboxylic acids is 1. The number of amides is 1. The molecule has 0 atom stereocenters. The van der Waals surface area contributed by atoms with E-state index < -0.39 is 32.0 Å². The van der Waals surface area contributed by atoms with Crippen molar-refractivity contribution >= 4 is 27.4 Å². The monoisotopic (exact) mass is 641 g/mol. The molecule has 3 N–H and O–H groups in total. The molecule has 10 nitrogen and oxygen atoms in total. The second-order valence-corrected chi connectivity index (χ2v) is 15.1. The van der Waals surface area contributed by atoms with E-state index in [2.05, 4.69) is 43.7 Å². The smallest absolute Gasteiger partial charge is 0.257 e. The van der Waals surface area contributed by atoms with Crippen LogP contribution in [0.25, 0.3) is 0 Å². The number of aromatic amines is 1. The molecule has 2 fully saturated rings. The highest BCUT2D eigenvalue weighted by Gasteiger charge is 2.41. The molecule has 1 amide bonds. The number of likely N-dealkylation sites (N-methyl/N-ethyl adjacent to an activating group) is 1. The van der Waals surface area contributed by atoms with Crippen molar-refractivity contribution in [1.29, 1.82) is 0 Å². The molecule has 1 aliphatic carbocycles. The number of anilines is 2. The molecule has 242 valence electrons. The summed E-state index contributed by atoms with van der Waals surface area (Å²) in [6.07, 6.45) is 4.65. The van der Waals surface area contributed by atoms with E-state index >= 15 is 0 Å². The lowest BCUT2D eigenvalue weighted by Gasteiger charge is -2.36. The van der Waals surface area contributed by atoms with Gasteiger partial charge in [0.2, 0.25) is 10.0 Å². The number of halogens is 2. The molecule has 0 unspecified atom stereocenters. The molecule has 1 saturated heterocycles. The number of benzene rings is 2. The Balaban J connectivity index is 1.27. The summed E-state index contributed by atoms with van der Waals surface area (Å²) in [4.78, 5) is 18.0. The maximum absolute atomic E-state index is 14.0. The first-order valence-corrected chi connectivity index (χ1v) is 17.0. The maximum Gasteiger partial charge on any atom is 0.257 e. The van der Waals surface area contributed by atoms with E-state index in [-0.39, 0.29) is 24.8 Å². The van der Waals surface area contributed by atoms with Crippen molar-refractivity contribution in [3.63, 3.8) is 0 Å². The Morgan fingerprint density at radius 1 is 1.04 bits per heavy atom. The highest BCUT2D eigenvalue weighted by atomic mass is 32.2.